The van der Waals surface area contributed by atoms with E-state index in [-0.39, 0.29) is 5.78 Å². The Hall–Kier alpha value is -1.83. The van der Waals surface area contributed by atoms with Gasteiger partial charge in [-0.3, -0.25) is 4.79 Å². The summed E-state index contributed by atoms with van der Waals surface area (Å²) in [6, 6.07) is 8.12. The average Bonchev–Trinajstić information content (AvgIpc) is 2.69. The van der Waals surface area contributed by atoms with Crippen molar-refractivity contribution in [3.63, 3.8) is 0 Å². The Balaban J connectivity index is 2.29. The van der Waals surface area contributed by atoms with Crippen LogP contribution in [0.1, 0.15) is 29.4 Å². The molecular formula is C14H13NO. The Morgan fingerprint density at radius 1 is 1.25 bits per heavy atom. The first-order valence-electron chi connectivity index (χ1n) is 5.60. The summed E-state index contributed by atoms with van der Waals surface area (Å²) < 4.78 is 0. The third kappa shape index (κ3) is 1.16. The number of fused-ring (bicyclic) bond motifs is 3. The Kier molecular flexibility index (Phi) is 1.96. The smallest absolute Gasteiger partial charge is 0.205 e. The van der Waals surface area contributed by atoms with Crippen molar-refractivity contribution in [1.82, 2.24) is 4.98 Å². The molecule has 0 saturated carbocycles. The first kappa shape index (κ1) is 9.40. The van der Waals surface area contributed by atoms with E-state index >= 15 is 0 Å². The number of carbonyl (C=O) groups is 1. The number of ketones is 1. The normalized spacial score (nSPS) is 18.1. The molecule has 0 saturated heterocycles. The number of Topliss-reactive ketones (excluding diaryl/α,β-unsaturated/α-hetero) is 1. The fourth-order valence-electron chi connectivity index (χ4n) is 2.46. The third-order valence-corrected chi connectivity index (χ3v) is 3.33. The minimum absolute atomic E-state index is 0.167. The summed E-state index contributed by atoms with van der Waals surface area (Å²) in [5.74, 6) is 0.167. The highest BCUT2D eigenvalue weighted by Crippen LogP contribution is 2.30. The van der Waals surface area contributed by atoms with Gasteiger partial charge in [-0.1, -0.05) is 24.3 Å². The first-order chi connectivity index (χ1) is 7.81. The molecule has 2 heteroatoms. The zero-order chi connectivity index (χ0) is 11.1. The summed E-state index contributed by atoms with van der Waals surface area (Å²) in [7, 11) is 0. The van der Waals surface area contributed by atoms with Crippen LogP contribution >= 0.6 is 0 Å². The molecule has 0 atom stereocenters. The van der Waals surface area contributed by atoms with E-state index in [1.54, 1.807) is 0 Å². The van der Waals surface area contributed by atoms with Crippen molar-refractivity contribution in [3.05, 3.63) is 47.2 Å². The number of aromatic amines is 1. The molecule has 0 aliphatic heterocycles. The number of aryl methyl sites for hydroxylation is 1. The van der Waals surface area contributed by atoms with Crippen molar-refractivity contribution in [3.8, 4) is 0 Å². The van der Waals surface area contributed by atoms with Gasteiger partial charge in [0.25, 0.3) is 0 Å². The van der Waals surface area contributed by atoms with Crippen molar-refractivity contribution in [2.75, 3.05) is 0 Å². The van der Waals surface area contributed by atoms with Crippen LogP contribution in [0.4, 0.5) is 0 Å². The van der Waals surface area contributed by atoms with Crippen LogP contribution in [0.5, 0.6) is 0 Å². The van der Waals surface area contributed by atoms with Crippen molar-refractivity contribution < 1.29 is 4.79 Å². The lowest BCUT2D eigenvalue weighted by atomic mass is 9.90. The summed E-state index contributed by atoms with van der Waals surface area (Å²) in [4.78, 5) is 15.4. The predicted molar refractivity (Wildman–Crippen MR) is 64.7 cm³/mol. The number of benzene rings is 1. The highest BCUT2D eigenvalue weighted by atomic mass is 16.1. The molecule has 0 radical (unpaired) electrons. The fraction of sp³-hybridized carbons (Fsp3) is 0.214. The molecular weight excluding hydrogens is 198 g/mol. The summed E-state index contributed by atoms with van der Waals surface area (Å²) in [6.45, 7) is 1.93. The predicted octanol–water partition coefficient (Wildman–Crippen LogP) is 3.24. The van der Waals surface area contributed by atoms with E-state index in [0.717, 1.165) is 29.6 Å². The topological polar surface area (TPSA) is 32.9 Å². The lowest BCUT2D eigenvalue weighted by molar-refractivity contribution is 0.102. The summed E-state index contributed by atoms with van der Waals surface area (Å²) in [5.41, 5.74) is 3.98. The van der Waals surface area contributed by atoms with Crippen LogP contribution in [0, 0.1) is 0 Å². The largest absolute Gasteiger partial charge is 0.352 e. The quantitative estimate of drug-likeness (QED) is 0.667. The zero-order valence-corrected chi connectivity index (χ0v) is 9.21. The Morgan fingerprint density at radius 3 is 2.88 bits per heavy atom. The molecule has 1 heterocycles. The molecule has 1 aliphatic carbocycles. The second-order valence-electron chi connectivity index (χ2n) is 4.17. The van der Waals surface area contributed by atoms with Gasteiger partial charge in [0, 0.05) is 10.9 Å². The molecule has 0 amide bonds. The molecule has 0 bridgehead atoms. The maximum absolute atomic E-state index is 12.1. The monoisotopic (exact) mass is 211 g/mol. The maximum Gasteiger partial charge on any atom is 0.205 e. The van der Waals surface area contributed by atoms with Crippen LogP contribution in [0.25, 0.3) is 10.9 Å². The number of rotatable bonds is 0. The second kappa shape index (κ2) is 3.34. The van der Waals surface area contributed by atoms with Crippen molar-refractivity contribution in [1.29, 1.82) is 0 Å². The minimum Gasteiger partial charge on any atom is -0.352 e. The number of H-pyrrole nitrogens is 1. The molecule has 0 unspecified atom stereocenters. The fourth-order valence-corrected chi connectivity index (χ4v) is 2.46. The van der Waals surface area contributed by atoms with E-state index in [1.165, 1.54) is 10.9 Å². The van der Waals surface area contributed by atoms with Gasteiger partial charge in [-0.25, -0.2) is 0 Å². The van der Waals surface area contributed by atoms with Crippen LogP contribution in [-0.2, 0) is 6.42 Å². The highest BCUT2D eigenvalue weighted by molar-refractivity contribution is 6.12. The van der Waals surface area contributed by atoms with Gasteiger partial charge in [0.15, 0.2) is 0 Å². The first-order valence-corrected chi connectivity index (χ1v) is 5.60. The highest BCUT2D eigenvalue weighted by Gasteiger charge is 2.24. The van der Waals surface area contributed by atoms with Crippen LogP contribution < -0.4 is 0 Å². The van der Waals surface area contributed by atoms with Crippen LogP contribution in [0.15, 0.2) is 35.9 Å². The Morgan fingerprint density at radius 2 is 2.06 bits per heavy atom. The van der Waals surface area contributed by atoms with Crippen LogP contribution in [0.3, 0.4) is 0 Å². The lowest BCUT2D eigenvalue weighted by Gasteiger charge is -2.13. The summed E-state index contributed by atoms with van der Waals surface area (Å²) in [6.07, 6.45) is 3.76. The van der Waals surface area contributed by atoms with E-state index in [9.17, 15) is 4.79 Å². The van der Waals surface area contributed by atoms with Crippen molar-refractivity contribution in [2.45, 2.75) is 19.8 Å². The average molecular weight is 211 g/mol. The van der Waals surface area contributed by atoms with Gasteiger partial charge in [0.2, 0.25) is 5.78 Å². The molecule has 1 aromatic heterocycles. The summed E-state index contributed by atoms with van der Waals surface area (Å²) in [5, 5.41) is 1.20. The number of nitrogens with one attached hydrogen (secondary N) is 1. The van der Waals surface area contributed by atoms with Crippen molar-refractivity contribution in [2.24, 2.45) is 0 Å². The molecule has 1 aromatic carbocycles. The number of carbonyl (C=O) groups excluding carboxylic acids is 1. The molecule has 0 fully saturated rings. The van der Waals surface area contributed by atoms with Gasteiger partial charge in [0.05, 0.1) is 5.69 Å². The number of para-hydroxylation sites is 1. The molecule has 2 nitrogen and oxygen atoms in total. The van der Waals surface area contributed by atoms with Crippen molar-refractivity contribution >= 4 is 16.7 Å². The van der Waals surface area contributed by atoms with Gasteiger partial charge < -0.3 is 4.98 Å². The standard InChI is InChI=1S/C14H13NO/c1-2-9-7-8-11-10-5-3-4-6-12(10)15-13(11)14(9)16/h2-6,15H,7-8H2,1H3. The molecule has 0 spiro atoms. The molecule has 16 heavy (non-hydrogen) atoms. The van der Waals surface area contributed by atoms with E-state index in [4.69, 9.17) is 0 Å². The van der Waals surface area contributed by atoms with Gasteiger partial charge in [-0.05, 0) is 37.0 Å². The zero-order valence-electron chi connectivity index (χ0n) is 9.21. The SMILES string of the molecule is CC=C1CCc2c([nH]c3ccccc23)C1=O. The van der Waals surface area contributed by atoms with E-state index < -0.39 is 0 Å². The van der Waals surface area contributed by atoms with Crippen LogP contribution in [0.2, 0.25) is 0 Å². The number of hydrogen-bond donors (Lipinski definition) is 1. The molecule has 3 rings (SSSR count). The lowest BCUT2D eigenvalue weighted by Crippen LogP contribution is -2.13. The molecule has 1 aliphatic rings. The van der Waals surface area contributed by atoms with Gasteiger partial charge in [-0.15, -0.1) is 0 Å². The Bertz CT molecular complexity index is 604. The van der Waals surface area contributed by atoms with Gasteiger partial charge in [-0.2, -0.15) is 0 Å². The number of hydrogen-bond acceptors (Lipinski definition) is 1. The van der Waals surface area contributed by atoms with E-state index in [2.05, 4.69) is 11.1 Å². The second-order valence-corrected chi connectivity index (χ2v) is 4.17. The number of aromatic nitrogens is 1. The van der Waals surface area contributed by atoms with Crippen LogP contribution in [-0.4, -0.2) is 10.8 Å². The van der Waals surface area contributed by atoms with Gasteiger partial charge >= 0.3 is 0 Å². The minimum atomic E-state index is 0.167. The van der Waals surface area contributed by atoms with Gasteiger partial charge in [0.1, 0.15) is 0 Å². The molecule has 2 aromatic rings. The molecule has 80 valence electrons. The summed E-state index contributed by atoms with van der Waals surface area (Å²) >= 11 is 0. The van der Waals surface area contributed by atoms with E-state index in [1.807, 2.05) is 31.2 Å². The Labute approximate surface area is 94.0 Å². The van der Waals surface area contributed by atoms with E-state index in [0.29, 0.717) is 0 Å². The maximum atomic E-state index is 12.1. The number of allylic oxidation sites excluding steroid dienone is 2. The third-order valence-electron chi connectivity index (χ3n) is 3.33. The molecule has 1 N–H and O–H groups in total.